The lowest BCUT2D eigenvalue weighted by Crippen LogP contribution is -2.56. The van der Waals surface area contributed by atoms with Crippen molar-refractivity contribution >= 4 is 27.5 Å². The molecule has 0 radical (unpaired) electrons. The normalized spacial score (nSPS) is 50.3. The molecule has 0 amide bonds. The number of carbonyl (C=O) groups excluding carboxylic acids is 3. The van der Waals surface area contributed by atoms with E-state index in [0.29, 0.717) is 60.8 Å². The maximum absolute atomic E-state index is 13.8. The Hall–Kier alpha value is -1.86. The molecule has 12 saturated carbocycles. The van der Waals surface area contributed by atoms with Crippen LogP contribution in [-0.4, -0.2) is 30.3 Å². The van der Waals surface area contributed by atoms with E-state index in [0.717, 1.165) is 81.8 Å². The van der Waals surface area contributed by atoms with Crippen molar-refractivity contribution in [2.75, 3.05) is 0 Å². The minimum atomic E-state index is -4.58. The monoisotopic (exact) mass is 602 g/mol. The van der Waals surface area contributed by atoms with Gasteiger partial charge >= 0.3 is 0 Å². The van der Waals surface area contributed by atoms with Crippen LogP contribution in [0.2, 0.25) is 0 Å². The van der Waals surface area contributed by atoms with Crippen LogP contribution in [0.4, 0.5) is 0 Å². The van der Waals surface area contributed by atoms with Crippen molar-refractivity contribution in [1.29, 1.82) is 0 Å². The molecule has 13 rings (SSSR count). The van der Waals surface area contributed by atoms with Gasteiger partial charge in [-0.05, 0) is 147 Å². The van der Waals surface area contributed by atoms with Gasteiger partial charge in [-0.2, -0.15) is 8.42 Å². The van der Waals surface area contributed by atoms with E-state index in [2.05, 4.69) is 12.1 Å². The summed E-state index contributed by atoms with van der Waals surface area (Å²) >= 11 is 0. The quantitative estimate of drug-likeness (QED) is 0.432. The summed E-state index contributed by atoms with van der Waals surface area (Å²) in [7, 11) is -4.58. The minimum absolute atomic E-state index is 0.0121. The zero-order chi connectivity index (χ0) is 29.3. The molecule has 1 aromatic carbocycles. The summed E-state index contributed by atoms with van der Waals surface area (Å²) in [4.78, 5) is 39.9. The maximum atomic E-state index is 13.8. The van der Waals surface area contributed by atoms with Crippen molar-refractivity contribution in [2.45, 2.75) is 117 Å². The molecule has 7 heteroatoms. The van der Waals surface area contributed by atoms with Crippen LogP contribution in [0.5, 0.6) is 0 Å². The molecule has 7 unspecified atom stereocenters. The highest BCUT2D eigenvalue weighted by Gasteiger charge is 2.61. The topological polar surface area (TPSA) is 106 Å². The molecule has 1 aromatic rings. The minimum Gasteiger partial charge on any atom is -0.299 e. The van der Waals surface area contributed by atoms with Gasteiger partial charge in [0, 0.05) is 35.5 Å². The van der Waals surface area contributed by atoms with Crippen LogP contribution in [-0.2, 0) is 40.7 Å². The summed E-state index contributed by atoms with van der Waals surface area (Å²) in [6.45, 7) is 0. The lowest BCUT2D eigenvalue weighted by Gasteiger charge is -2.59. The zero-order valence-electron chi connectivity index (χ0n) is 24.9. The number of rotatable bonds is 4. The fourth-order valence-corrected chi connectivity index (χ4v) is 15.4. The Morgan fingerprint density at radius 2 is 0.814 bits per heavy atom. The van der Waals surface area contributed by atoms with E-state index in [9.17, 15) is 27.4 Å². The van der Waals surface area contributed by atoms with Crippen molar-refractivity contribution in [2.24, 2.45) is 53.3 Å². The summed E-state index contributed by atoms with van der Waals surface area (Å²) < 4.78 is 38.7. The van der Waals surface area contributed by atoms with Crippen LogP contribution in [0, 0.1) is 53.3 Å². The molecule has 0 aliphatic heterocycles. The highest BCUT2D eigenvalue weighted by molar-refractivity contribution is 7.86. The van der Waals surface area contributed by atoms with Crippen molar-refractivity contribution in [3.8, 4) is 0 Å². The summed E-state index contributed by atoms with van der Waals surface area (Å²) in [5, 5.41) is 0. The van der Waals surface area contributed by atoms with Gasteiger partial charge in [-0.3, -0.25) is 18.9 Å². The molecule has 0 aromatic heterocycles. The largest absolute Gasteiger partial charge is 0.299 e. The van der Waals surface area contributed by atoms with E-state index < -0.39 is 20.9 Å². The van der Waals surface area contributed by atoms with Crippen LogP contribution in [0.1, 0.15) is 113 Å². The molecule has 0 heterocycles. The second-order valence-corrected chi connectivity index (χ2v) is 18.8. The van der Waals surface area contributed by atoms with Gasteiger partial charge in [0.1, 0.15) is 22.2 Å². The molecule has 6 nitrogen and oxygen atoms in total. The molecule has 12 aliphatic rings. The number of ketones is 3. The van der Waals surface area contributed by atoms with Crippen molar-refractivity contribution in [1.82, 2.24) is 0 Å². The summed E-state index contributed by atoms with van der Waals surface area (Å²) in [6, 6.07) is 4.38. The van der Waals surface area contributed by atoms with Crippen LogP contribution in [0.3, 0.4) is 0 Å². The Morgan fingerprint density at radius 3 is 1.14 bits per heavy atom. The number of carbonyl (C=O) groups is 3. The standard InChI is InChI=1S/C36H42O6S/c37-30-21-1-18-2-22(30)13-34(9-18,12-21)27-7-28(35-10-19-3-23(14-35)31(38)24(4-19)15-35)33(43(40,41)42)29(8-27)36-11-20-5-25(16-36)32(39)26(6-20)17-36/h7-8,18-26H,1-6,9-17H2,(H,40,41,42)/t18?,19?,20?,21-,22?,23?,24?,25?,26?,34?,35?,36?/m0/s1. The van der Waals surface area contributed by atoms with Crippen LogP contribution >= 0.6 is 0 Å². The Morgan fingerprint density at radius 1 is 0.512 bits per heavy atom. The maximum Gasteiger partial charge on any atom is 0.295 e. The average Bonchev–Trinajstić information content (AvgIpc) is 2.95. The van der Waals surface area contributed by atoms with Crippen molar-refractivity contribution in [3.63, 3.8) is 0 Å². The second kappa shape index (κ2) is 8.10. The fraction of sp³-hybridized carbons (Fsp3) is 0.750. The summed E-state index contributed by atoms with van der Waals surface area (Å²) in [5.41, 5.74) is 1.80. The number of hydrogen-bond donors (Lipinski definition) is 1. The number of Topliss-reactive ketones (excluding diaryl/α,β-unsaturated/α-hetero) is 3. The van der Waals surface area contributed by atoms with Crippen molar-refractivity contribution in [3.05, 3.63) is 28.8 Å². The SMILES string of the molecule is O=C1C2CC3CC1CC(c1cc(C45CC6CC(C4)C(=O)[C@@H](C6)C5)cc(C45CC6CC(C4)C(=O)C(C6)C5)c1S(=O)(=O)O)(C3)C2. The Labute approximate surface area is 253 Å². The predicted molar refractivity (Wildman–Crippen MR) is 157 cm³/mol. The molecule has 8 atom stereocenters. The first-order valence-corrected chi connectivity index (χ1v) is 18.7. The molecule has 12 bridgehead atoms. The molecule has 0 saturated heterocycles. The molecule has 43 heavy (non-hydrogen) atoms. The zero-order valence-corrected chi connectivity index (χ0v) is 25.7. The van der Waals surface area contributed by atoms with Gasteiger partial charge in [0.15, 0.2) is 0 Å². The Kier molecular flexibility index (Phi) is 4.97. The molecule has 12 fully saturated rings. The first-order valence-electron chi connectivity index (χ1n) is 17.2. The molecule has 12 aliphatic carbocycles. The van der Waals surface area contributed by atoms with E-state index in [4.69, 9.17) is 0 Å². The van der Waals surface area contributed by atoms with Crippen LogP contribution in [0.15, 0.2) is 17.0 Å². The van der Waals surface area contributed by atoms with Gasteiger partial charge < -0.3 is 0 Å². The van der Waals surface area contributed by atoms with Crippen LogP contribution in [0.25, 0.3) is 0 Å². The van der Waals surface area contributed by atoms with Gasteiger partial charge in [-0.1, -0.05) is 12.1 Å². The van der Waals surface area contributed by atoms with Gasteiger partial charge in [-0.15, -0.1) is 0 Å². The molecule has 1 N–H and O–H groups in total. The van der Waals surface area contributed by atoms with Gasteiger partial charge in [-0.25, -0.2) is 0 Å². The second-order valence-electron chi connectivity index (χ2n) is 17.5. The molecule has 228 valence electrons. The third-order valence-corrected chi connectivity index (χ3v) is 16.0. The van der Waals surface area contributed by atoms with E-state index in [-0.39, 0.29) is 45.8 Å². The predicted octanol–water partition coefficient (Wildman–Crippen LogP) is 5.87. The third kappa shape index (κ3) is 3.40. The first-order chi connectivity index (χ1) is 20.4. The summed E-state index contributed by atoms with van der Waals surface area (Å²) in [5.74, 6) is 2.73. The van der Waals surface area contributed by atoms with E-state index in [1.807, 2.05) is 0 Å². The lowest BCUT2D eigenvalue weighted by molar-refractivity contribution is -0.142. The van der Waals surface area contributed by atoms with Gasteiger partial charge in [0.25, 0.3) is 10.1 Å². The first kappa shape index (κ1) is 26.4. The van der Waals surface area contributed by atoms with E-state index in [1.54, 1.807) is 0 Å². The Balaban J connectivity index is 1.23. The lowest BCUT2D eigenvalue weighted by atomic mass is 9.44. The molecular weight excluding hydrogens is 560 g/mol. The van der Waals surface area contributed by atoms with Crippen LogP contribution < -0.4 is 0 Å². The highest BCUT2D eigenvalue weighted by atomic mass is 32.2. The van der Waals surface area contributed by atoms with E-state index >= 15 is 0 Å². The average molecular weight is 603 g/mol. The van der Waals surface area contributed by atoms with Gasteiger partial charge in [0.05, 0.1) is 0 Å². The highest BCUT2D eigenvalue weighted by Crippen LogP contribution is 2.66. The molecule has 0 spiro atoms. The fourth-order valence-electron chi connectivity index (χ4n) is 14.3. The summed E-state index contributed by atoms with van der Waals surface area (Å²) in [6.07, 6.45) is 12.9. The van der Waals surface area contributed by atoms with Gasteiger partial charge in [0.2, 0.25) is 0 Å². The number of hydrogen-bond acceptors (Lipinski definition) is 5. The number of benzene rings is 1. The third-order valence-electron chi connectivity index (χ3n) is 15.1. The van der Waals surface area contributed by atoms with E-state index in [1.165, 1.54) is 5.56 Å². The smallest absolute Gasteiger partial charge is 0.295 e. The molecular formula is C36H42O6S. The Bertz CT molecular complexity index is 1510. The van der Waals surface area contributed by atoms with Crippen molar-refractivity contribution < 1.29 is 27.4 Å².